The first-order valence-corrected chi connectivity index (χ1v) is 5.08. The number of hydrogen-bond acceptors (Lipinski definition) is 3. The van der Waals surface area contributed by atoms with Gasteiger partial charge in [0.2, 0.25) is 0 Å². The van der Waals surface area contributed by atoms with Gasteiger partial charge in [0.1, 0.15) is 6.17 Å². The predicted molar refractivity (Wildman–Crippen MR) is 60.9 cm³/mol. The third kappa shape index (κ3) is 1.93. The maximum absolute atomic E-state index is 13.8. The molecule has 0 fully saturated rings. The van der Waals surface area contributed by atoms with E-state index in [2.05, 4.69) is 11.2 Å². The Morgan fingerprint density at radius 3 is 2.81 bits per heavy atom. The fraction of sp³-hybridized carbons (Fsp3) is 0.333. The fourth-order valence-corrected chi connectivity index (χ4v) is 2.01. The fourth-order valence-electron chi connectivity index (χ4n) is 2.01. The van der Waals surface area contributed by atoms with Crippen molar-refractivity contribution in [2.24, 2.45) is 11.5 Å². The van der Waals surface area contributed by atoms with Crippen molar-refractivity contribution in [3.05, 3.63) is 35.4 Å². The van der Waals surface area contributed by atoms with Crippen molar-refractivity contribution >= 4 is 0 Å². The van der Waals surface area contributed by atoms with Crippen LogP contribution in [0.1, 0.15) is 17.2 Å². The number of fused-ring (bicyclic) bond motifs is 1. The van der Waals surface area contributed by atoms with E-state index in [-0.39, 0.29) is 0 Å². The molecular formula is C12H14FN3. The summed E-state index contributed by atoms with van der Waals surface area (Å²) in [5.74, 6) is 0.718. The summed E-state index contributed by atoms with van der Waals surface area (Å²) < 4.78 is 13.8. The lowest BCUT2D eigenvalue weighted by atomic mass is 10.1. The molecule has 1 aliphatic carbocycles. The molecule has 1 aromatic rings. The van der Waals surface area contributed by atoms with E-state index in [0.717, 1.165) is 11.1 Å². The van der Waals surface area contributed by atoms with E-state index in [4.69, 9.17) is 17.9 Å². The normalized spacial score (nSPS) is 23.9. The zero-order valence-corrected chi connectivity index (χ0v) is 8.78. The highest BCUT2D eigenvalue weighted by atomic mass is 19.1. The minimum atomic E-state index is -1.48. The molecule has 1 aromatic carbocycles. The molecule has 2 unspecified atom stereocenters. The molecule has 5 N–H and O–H groups in total. The highest BCUT2D eigenvalue weighted by Crippen LogP contribution is 2.33. The van der Waals surface area contributed by atoms with Gasteiger partial charge in [-0.05, 0) is 11.1 Å². The van der Waals surface area contributed by atoms with E-state index >= 15 is 0 Å². The molecule has 0 aliphatic heterocycles. The second-order valence-corrected chi connectivity index (χ2v) is 4.05. The predicted octanol–water partition coefficient (Wildman–Crippen LogP) is 0.416. The Labute approximate surface area is 94.0 Å². The van der Waals surface area contributed by atoms with Gasteiger partial charge in [-0.3, -0.25) is 16.8 Å². The lowest BCUT2D eigenvalue weighted by molar-refractivity contribution is 0.237. The van der Waals surface area contributed by atoms with Crippen LogP contribution in [0.2, 0.25) is 0 Å². The molecular weight excluding hydrogens is 205 g/mol. The number of alkyl halides is 1. The van der Waals surface area contributed by atoms with Gasteiger partial charge in [0, 0.05) is 6.42 Å². The molecule has 0 amide bonds. The minimum absolute atomic E-state index is 0.370. The van der Waals surface area contributed by atoms with E-state index in [0.29, 0.717) is 6.42 Å². The van der Waals surface area contributed by atoms with Crippen molar-refractivity contribution in [1.82, 2.24) is 5.32 Å². The van der Waals surface area contributed by atoms with Crippen LogP contribution >= 0.6 is 0 Å². The van der Waals surface area contributed by atoms with E-state index in [1.807, 2.05) is 24.3 Å². The first kappa shape index (κ1) is 11.1. The van der Waals surface area contributed by atoms with Crippen molar-refractivity contribution < 1.29 is 4.39 Å². The van der Waals surface area contributed by atoms with E-state index in [1.165, 1.54) is 0 Å². The monoisotopic (exact) mass is 219 g/mol. The van der Waals surface area contributed by atoms with Gasteiger partial charge in [-0.2, -0.15) is 0 Å². The summed E-state index contributed by atoms with van der Waals surface area (Å²) in [6.07, 6.45) is 4.49. The van der Waals surface area contributed by atoms with Gasteiger partial charge in [0.05, 0.1) is 6.04 Å². The molecule has 0 aromatic heterocycles. The van der Waals surface area contributed by atoms with Crippen LogP contribution in [0.25, 0.3) is 0 Å². The number of nitrogens with one attached hydrogen (secondary N) is 1. The lowest BCUT2D eigenvalue weighted by Crippen LogP contribution is -2.61. The lowest BCUT2D eigenvalue weighted by Gasteiger charge is -2.26. The van der Waals surface area contributed by atoms with Crippen molar-refractivity contribution in [3.8, 4) is 12.3 Å². The maximum atomic E-state index is 13.8. The average Bonchev–Trinajstić information content (AvgIpc) is 2.56. The molecule has 0 radical (unpaired) electrons. The van der Waals surface area contributed by atoms with E-state index in [9.17, 15) is 4.39 Å². The van der Waals surface area contributed by atoms with Crippen molar-refractivity contribution in [2.75, 3.05) is 0 Å². The third-order valence-corrected chi connectivity index (χ3v) is 2.80. The zero-order chi connectivity index (χ0) is 11.8. The Morgan fingerprint density at radius 2 is 2.12 bits per heavy atom. The van der Waals surface area contributed by atoms with Crippen LogP contribution in [-0.4, -0.2) is 12.0 Å². The van der Waals surface area contributed by atoms with Gasteiger partial charge in [-0.1, -0.05) is 30.2 Å². The molecule has 0 spiro atoms. The van der Waals surface area contributed by atoms with Crippen LogP contribution in [-0.2, 0) is 6.42 Å². The van der Waals surface area contributed by atoms with Crippen LogP contribution in [0.15, 0.2) is 24.3 Å². The minimum Gasteiger partial charge on any atom is -0.290 e. The smallest absolute Gasteiger partial charge is 0.183 e. The zero-order valence-electron chi connectivity index (χ0n) is 8.78. The van der Waals surface area contributed by atoms with Gasteiger partial charge in [0.15, 0.2) is 5.79 Å². The molecule has 4 heteroatoms. The Kier molecular flexibility index (Phi) is 2.68. The summed E-state index contributed by atoms with van der Waals surface area (Å²) in [4.78, 5) is 0. The summed E-state index contributed by atoms with van der Waals surface area (Å²) in [6, 6.07) is 6.97. The van der Waals surface area contributed by atoms with E-state index < -0.39 is 18.0 Å². The first-order chi connectivity index (χ1) is 7.53. The number of hydrogen-bond donors (Lipinski definition) is 3. The second-order valence-electron chi connectivity index (χ2n) is 4.05. The van der Waals surface area contributed by atoms with E-state index in [1.54, 1.807) is 0 Å². The largest absolute Gasteiger partial charge is 0.290 e. The number of terminal acetylenes is 1. The molecule has 84 valence electrons. The average molecular weight is 219 g/mol. The Balaban J connectivity index is 2.27. The standard InChI is InChI=1S/C12H14FN3/c1-2-12(14,15)16-11-9-6-4-3-5-8(9)7-10(11)13/h1,3-6,10-11,16H,7,14-15H2. The van der Waals surface area contributed by atoms with Gasteiger partial charge < -0.3 is 0 Å². The first-order valence-electron chi connectivity index (χ1n) is 5.08. The number of rotatable bonds is 2. The second kappa shape index (κ2) is 3.87. The molecule has 0 heterocycles. The topological polar surface area (TPSA) is 64.1 Å². The summed E-state index contributed by atoms with van der Waals surface area (Å²) >= 11 is 0. The van der Waals surface area contributed by atoms with Crippen molar-refractivity contribution in [3.63, 3.8) is 0 Å². The highest BCUT2D eigenvalue weighted by Gasteiger charge is 2.35. The van der Waals surface area contributed by atoms with Crippen LogP contribution in [0.3, 0.4) is 0 Å². The molecule has 1 aliphatic rings. The third-order valence-electron chi connectivity index (χ3n) is 2.80. The molecule has 16 heavy (non-hydrogen) atoms. The van der Waals surface area contributed by atoms with Gasteiger partial charge >= 0.3 is 0 Å². The molecule has 3 nitrogen and oxygen atoms in total. The highest BCUT2D eigenvalue weighted by molar-refractivity contribution is 5.37. The quantitative estimate of drug-likeness (QED) is 0.499. The van der Waals surface area contributed by atoms with Crippen LogP contribution in [0, 0.1) is 12.3 Å². The molecule has 0 saturated heterocycles. The Bertz CT molecular complexity index is 436. The van der Waals surface area contributed by atoms with Crippen LogP contribution < -0.4 is 16.8 Å². The van der Waals surface area contributed by atoms with Crippen molar-refractivity contribution in [1.29, 1.82) is 0 Å². The number of nitrogens with two attached hydrogens (primary N) is 2. The molecule has 2 rings (SSSR count). The van der Waals surface area contributed by atoms with Crippen LogP contribution in [0.4, 0.5) is 4.39 Å². The molecule has 2 atom stereocenters. The van der Waals surface area contributed by atoms with Gasteiger partial charge in [0.25, 0.3) is 0 Å². The number of halogens is 1. The van der Waals surface area contributed by atoms with Gasteiger partial charge in [-0.15, -0.1) is 6.42 Å². The molecule has 0 saturated carbocycles. The Morgan fingerprint density at radius 1 is 1.44 bits per heavy atom. The van der Waals surface area contributed by atoms with Crippen LogP contribution in [0.5, 0.6) is 0 Å². The summed E-state index contributed by atoms with van der Waals surface area (Å²) in [7, 11) is 0. The van der Waals surface area contributed by atoms with Crippen molar-refractivity contribution in [2.45, 2.75) is 24.4 Å². The van der Waals surface area contributed by atoms with Gasteiger partial charge in [-0.25, -0.2) is 4.39 Å². The molecule has 0 bridgehead atoms. The summed E-state index contributed by atoms with van der Waals surface area (Å²) in [5.41, 5.74) is 13.0. The summed E-state index contributed by atoms with van der Waals surface area (Å²) in [6.45, 7) is 0. The Hall–Kier alpha value is -1.41. The number of benzene rings is 1. The SMILES string of the molecule is C#CC(N)(N)NC1c2ccccc2CC1F. The summed E-state index contributed by atoms with van der Waals surface area (Å²) in [5, 5.41) is 2.76. The maximum Gasteiger partial charge on any atom is 0.183 e.